The van der Waals surface area contributed by atoms with Crippen LogP contribution in [0, 0.1) is 10.1 Å². The van der Waals surface area contributed by atoms with Gasteiger partial charge in [0, 0.05) is 6.54 Å². The monoisotopic (exact) mass is 288 g/mol. The third-order valence-electron chi connectivity index (χ3n) is 2.11. The zero-order valence-corrected chi connectivity index (χ0v) is 10.9. The van der Waals surface area contributed by atoms with E-state index in [1.807, 2.05) is 0 Å². The van der Waals surface area contributed by atoms with Crippen LogP contribution >= 0.6 is 11.6 Å². The average molecular weight is 289 g/mol. The second-order valence-electron chi connectivity index (χ2n) is 3.54. The lowest BCUT2D eigenvalue weighted by Crippen LogP contribution is -2.38. The van der Waals surface area contributed by atoms with E-state index < -0.39 is 17.1 Å². The second kappa shape index (κ2) is 7.42. The number of hydrogen-bond donors (Lipinski definition) is 1. The van der Waals surface area contributed by atoms with E-state index in [0.717, 1.165) is 0 Å². The molecule has 1 aromatic carbocycles. The number of ether oxygens (including phenoxy) is 1. The molecule has 1 atom stereocenters. The highest BCUT2D eigenvalue weighted by molar-refractivity contribution is 6.32. The van der Waals surface area contributed by atoms with Crippen molar-refractivity contribution in [3.05, 3.63) is 39.4 Å². The maximum atomic E-state index is 11.6. The summed E-state index contributed by atoms with van der Waals surface area (Å²) in [6.07, 6.45) is -0.768. The number of rotatable bonds is 7. The molecule has 0 aromatic heterocycles. The van der Waals surface area contributed by atoms with Crippen LogP contribution in [0.2, 0.25) is 5.02 Å². The van der Waals surface area contributed by atoms with Gasteiger partial charge in [-0.25, -0.2) is 0 Å². The standard InChI is InChI=1S/C11H13ClN2O5/c1-8(11(15)13-6-7-18-14(16)17)19-10-5-3-2-4-9(10)12/h2-5,8H,6-7H2,1H3,(H,13,15). The van der Waals surface area contributed by atoms with Crippen LogP contribution in [0.5, 0.6) is 5.75 Å². The normalized spacial score (nSPS) is 11.5. The lowest BCUT2D eigenvalue weighted by atomic mass is 10.3. The zero-order valence-electron chi connectivity index (χ0n) is 10.2. The highest BCUT2D eigenvalue weighted by atomic mass is 35.5. The maximum Gasteiger partial charge on any atom is 0.294 e. The van der Waals surface area contributed by atoms with Crippen LogP contribution in [-0.2, 0) is 9.63 Å². The Kier molecular flexibility index (Phi) is 5.87. The molecule has 1 N–H and O–H groups in total. The van der Waals surface area contributed by atoms with Crippen molar-refractivity contribution in [3.63, 3.8) is 0 Å². The smallest absolute Gasteiger partial charge is 0.294 e. The van der Waals surface area contributed by atoms with Gasteiger partial charge in [-0.05, 0) is 19.1 Å². The van der Waals surface area contributed by atoms with Gasteiger partial charge in [-0.2, -0.15) is 0 Å². The number of benzene rings is 1. The maximum absolute atomic E-state index is 11.6. The number of amides is 1. The average Bonchev–Trinajstić information content (AvgIpc) is 2.36. The first-order chi connectivity index (χ1) is 9.00. The molecule has 0 saturated heterocycles. The molecular weight excluding hydrogens is 276 g/mol. The number of carbonyl (C=O) groups is 1. The van der Waals surface area contributed by atoms with Crippen LogP contribution in [0.15, 0.2) is 24.3 Å². The van der Waals surface area contributed by atoms with Gasteiger partial charge in [-0.1, -0.05) is 23.7 Å². The number of nitrogens with zero attached hydrogens (tertiary/aromatic N) is 1. The first kappa shape index (κ1) is 15.0. The summed E-state index contributed by atoms with van der Waals surface area (Å²) in [6, 6.07) is 6.76. The molecule has 1 amide bonds. The number of hydrogen-bond acceptors (Lipinski definition) is 5. The number of nitrogens with one attached hydrogen (secondary N) is 1. The zero-order chi connectivity index (χ0) is 14.3. The Hall–Kier alpha value is -2.02. The van der Waals surface area contributed by atoms with Crippen molar-refractivity contribution in [2.45, 2.75) is 13.0 Å². The molecule has 0 aliphatic rings. The lowest BCUT2D eigenvalue weighted by Gasteiger charge is -2.15. The van der Waals surface area contributed by atoms with E-state index in [9.17, 15) is 14.9 Å². The van der Waals surface area contributed by atoms with Gasteiger partial charge < -0.3 is 14.9 Å². The quantitative estimate of drug-likeness (QED) is 0.465. The first-order valence-electron chi connectivity index (χ1n) is 5.47. The molecule has 0 spiro atoms. The molecule has 104 valence electrons. The Morgan fingerprint density at radius 3 is 2.84 bits per heavy atom. The summed E-state index contributed by atoms with van der Waals surface area (Å²) in [4.78, 5) is 25.5. The van der Waals surface area contributed by atoms with Gasteiger partial charge in [0.25, 0.3) is 11.0 Å². The van der Waals surface area contributed by atoms with E-state index >= 15 is 0 Å². The molecule has 8 heteroatoms. The van der Waals surface area contributed by atoms with E-state index in [1.165, 1.54) is 0 Å². The van der Waals surface area contributed by atoms with Crippen LogP contribution in [0.3, 0.4) is 0 Å². The summed E-state index contributed by atoms with van der Waals surface area (Å²) in [5.74, 6) is -0.0137. The van der Waals surface area contributed by atoms with Gasteiger partial charge in [-0.15, -0.1) is 10.1 Å². The first-order valence-corrected chi connectivity index (χ1v) is 5.84. The molecular formula is C11H13ClN2O5. The fourth-order valence-corrected chi connectivity index (χ4v) is 1.40. The molecule has 0 fully saturated rings. The summed E-state index contributed by atoms with van der Waals surface area (Å²) in [7, 11) is 0. The number of carbonyl (C=O) groups excluding carboxylic acids is 1. The van der Waals surface area contributed by atoms with Crippen LogP contribution in [-0.4, -0.2) is 30.2 Å². The third kappa shape index (κ3) is 5.43. The van der Waals surface area contributed by atoms with Crippen molar-refractivity contribution >= 4 is 17.5 Å². The van der Waals surface area contributed by atoms with Gasteiger partial charge in [0.15, 0.2) is 6.10 Å². The fraction of sp³-hybridized carbons (Fsp3) is 0.364. The Labute approximate surface area is 114 Å². The van der Waals surface area contributed by atoms with E-state index in [1.54, 1.807) is 31.2 Å². The van der Waals surface area contributed by atoms with E-state index in [4.69, 9.17) is 16.3 Å². The highest BCUT2D eigenvalue weighted by Crippen LogP contribution is 2.24. The summed E-state index contributed by atoms with van der Waals surface area (Å²) in [6.45, 7) is 1.36. The van der Waals surface area contributed by atoms with Crippen molar-refractivity contribution in [1.82, 2.24) is 5.32 Å². The van der Waals surface area contributed by atoms with Crippen LogP contribution in [0.4, 0.5) is 0 Å². The molecule has 0 heterocycles. The summed E-state index contributed by atoms with van der Waals surface area (Å²) >= 11 is 5.88. The molecule has 1 rings (SSSR count). The van der Waals surface area contributed by atoms with E-state index in [2.05, 4.69) is 10.2 Å². The molecule has 1 unspecified atom stereocenters. The Morgan fingerprint density at radius 1 is 1.53 bits per heavy atom. The van der Waals surface area contributed by atoms with Crippen molar-refractivity contribution < 1.29 is 19.5 Å². The van der Waals surface area contributed by atoms with Crippen molar-refractivity contribution in [2.24, 2.45) is 0 Å². The van der Waals surface area contributed by atoms with Crippen LogP contribution < -0.4 is 10.1 Å². The minimum absolute atomic E-state index is 0.0238. The second-order valence-corrected chi connectivity index (χ2v) is 3.95. The van der Waals surface area contributed by atoms with Crippen LogP contribution in [0.1, 0.15) is 6.92 Å². The Bertz CT molecular complexity index is 454. The molecule has 0 aliphatic heterocycles. The van der Waals surface area contributed by atoms with E-state index in [0.29, 0.717) is 10.8 Å². The SMILES string of the molecule is CC(Oc1ccccc1Cl)C(=O)NCCO[N+](=O)[O-]. The topological polar surface area (TPSA) is 90.7 Å². The predicted octanol–water partition coefficient (Wildman–Crippen LogP) is 1.43. The molecule has 7 nitrogen and oxygen atoms in total. The van der Waals surface area contributed by atoms with Gasteiger partial charge in [-0.3, -0.25) is 4.79 Å². The molecule has 19 heavy (non-hydrogen) atoms. The summed E-state index contributed by atoms with van der Waals surface area (Å²) in [5.41, 5.74) is 0. The van der Waals surface area contributed by atoms with Gasteiger partial charge >= 0.3 is 0 Å². The number of para-hydroxylation sites is 1. The fourth-order valence-electron chi connectivity index (χ4n) is 1.22. The number of halogens is 1. The summed E-state index contributed by atoms with van der Waals surface area (Å²) < 4.78 is 5.37. The Morgan fingerprint density at radius 2 is 2.21 bits per heavy atom. The van der Waals surface area contributed by atoms with Crippen molar-refractivity contribution in [2.75, 3.05) is 13.2 Å². The van der Waals surface area contributed by atoms with Crippen molar-refractivity contribution in [1.29, 1.82) is 0 Å². The molecule has 1 aromatic rings. The molecule has 0 saturated carbocycles. The van der Waals surface area contributed by atoms with Gasteiger partial charge in [0.2, 0.25) is 0 Å². The summed E-state index contributed by atoms with van der Waals surface area (Å²) in [5, 5.41) is 11.8. The molecule has 0 aliphatic carbocycles. The lowest BCUT2D eigenvalue weighted by molar-refractivity contribution is -0.757. The molecule has 0 bridgehead atoms. The largest absolute Gasteiger partial charge is 0.479 e. The minimum Gasteiger partial charge on any atom is -0.479 e. The van der Waals surface area contributed by atoms with Crippen LogP contribution in [0.25, 0.3) is 0 Å². The van der Waals surface area contributed by atoms with Crippen molar-refractivity contribution in [3.8, 4) is 5.75 Å². The van der Waals surface area contributed by atoms with E-state index in [-0.39, 0.29) is 13.2 Å². The minimum atomic E-state index is -0.921. The third-order valence-corrected chi connectivity index (χ3v) is 2.42. The highest BCUT2D eigenvalue weighted by Gasteiger charge is 2.15. The van der Waals surface area contributed by atoms with Gasteiger partial charge in [0.05, 0.1) is 5.02 Å². The predicted molar refractivity (Wildman–Crippen MR) is 67.5 cm³/mol. The van der Waals surface area contributed by atoms with Gasteiger partial charge in [0.1, 0.15) is 12.4 Å². The molecule has 0 radical (unpaired) electrons. The Balaban J connectivity index is 2.37.